The molecule has 0 amide bonds. The molecule has 1 rings (SSSR count). The molecule has 118 valence electrons. The summed E-state index contributed by atoms with van der Waals surface area (Å²) in [5.74, 6) is -0.196. The molecule has 20 heavy (non-hydrogen) atoms. The van der Waals surface area contributed by atoms with Gasteiger partial charge in [-0.2, -0.15) is 0 Å². The number of ether oxygens (including phenoxy) is 1. The summed E-state index contributed by atoms with van der Waals surface area (Å²) in [5.41, 5.74) is 5.79. The highest BCUT2D eigenvalue weighted by Gasteiger charge is 2.41. The van der Waals surface area contributed by atoms with Crippen LogP contribution in [0.25, 0.3) is 0 Å². The molecule has 0 aromatic heterocycles. The predicted octanol–water partition coefficient (Wildman–Crippen LogP) is 3.19. The molecule has 0 spiro atoms. The van der Waals surface area contributed by atoms with Crippen LogP contribution in [0.1, 0.15) is 66.2 Å². The van der Waals surface area contributed by atoms with Gasteiger partial charge in [0.2, 0.25) is 0 Å². The van der Waals surface area contributed by atoms with Crippen molar-refractivity contribution in [2.45, 2.75) is 77.9 Å². The van der Waals surface area contributed by atoms with Crippen LogP contribution in [0.15, 0.2) is 0 Å². The highest BCUT2D eigenvalue weighted by atomic mass is 16.5. The third kappa shape index (κ3) is 4.45. The Morgan fingerprint density at radius 3 is 2.30 bits per heavy atom. The van der Waals surface area contributed by atoms with Crippen molar-refractivity contribution in [2.24, 2.45) is 17.1 Å². The van der Waals surface area contributed by atoms with Crippen LogP contribution in [0, 0.1) is 11.3 Å². The zero-order chi connectivity index (χ0) is 15.4. The van der Waals surface area contributed by atoms with Crippen LogP contribution < -0.4 is 5.73 Å². The van der Waals surface area contributed by atoms with Crippen LogP contribution in [-0.2, 0) is 9.53 Å². The molecule has 1 unspecified atom stereocenters. The number of rotatable bonds is 6. The minimum absolute atomic E-state index is 0.302. The lowest BCUT2D eigenvalue weighted by Gasteiger charge is -2.44. The van der Waals surface area contributed by atoms with E-state index in [0.717, 1.165) is 32.1 Å². The van der Waals surface area contributed by atoms with E-state index in [4.69, 9.17) is 10.5 Å². The van der Waals surface area contributed by atoms with Crippen molar-refractivity contribution in [2.75, 3.05) is 6.54 Å². The van der Waals surface area contributed by atoms with Crippen molar-refractivity contribution in [3.63, 3.8) is 0 Å². The highest BCUT2D eigenvalue weighted by Crippen LogP contribution is 2.43. The molecule has 0 saturated heterocycles. The van der Waals surface area contributed by atoms with Crippen molar-refractivity contribution in [3.05, 3.63) is 0 Å². The van der Waals surface area contributed by atoms with E-state index in [1.807, 2.05) is 6.92 Å². The van der Waals surface area contributed by atoms with Crippen LogP contribution in [0.4, 0.5) is 0 Å². The third-order valence-corrected chi connectivity index (χ3v) is 4.71. The molecular weight excluding hydrogens is 254 g/mol. The molecule has 1 aliphatic carbocycles. The number of carboxylic acid groups (broad SMARTS) is 1. The lowest BCUT2D eigenvalue weighted by atomic mass is 9.68. The summed E-state index contributed by atoms with van der Waals surface area (Å²) >= 11 is 0. The second-order valence-corrected chi connectivity index (χ2v) is 7.26. The number of hydrogen-bond donors (Lipinski definition) is 2. The van der Waals surface area contributed by atoms with Gasteiger partial charge in [0.15, 0.2) is 6.10 Å². The second kappa shape index (κ2) is 6.90. The van der Waals surface area contributed by atoms with Gasteiger partial charge in [-0.3, -0.25) is 0 Å². The predicted molar refractivity (Wildman–Crippen MR) is 80.6 cm³/mol. The topological polar surface area (TPSA) is 72.5 Å². The van der Waals surface area contributed by atoms with Crippen molar-refractivity contribution < 1.29 is 14.6 Å². The fourth-order valence-electron chi connectivity index (χ4n) is 3.18. The molecular formula is C16H31NO3. The van der Waals surface area contributed by atoms with Gasteiger partial charge in [-0.05, 0) is 43.4 Å². The molecule has 0 aromatic rings. The van der Waals surface area contributed by atoms with Crippen molar-refractivity contribution >= 4 is 5.97 Å². The van der Waals surface area contributed by atoms with E-state index in [-0.39, 0.29) is 0 Å². The second-order valence-electron chi connectivity index (χ2n) is 7.26. The van der Waals surface area contributed by atoms with Crippen molar-refractivity contribution in [3.8, 4) is 0 Å². The Balaban J connectivity index is 2.68. The Labute approximate surface area is 123 Å². The Morgan fingerprint density at radius 2 is 1.95 bits per heavy atom. The molecule has 0 bridgehead atoms. The molecule has 3 N–H and O–H groups in total. The van der Waals surface area contributed by atoms with E-state index in [0.29, 0.717) is 24.3 Å². The fourth-order valence-corrected chi connectivity index (χ4v) is 3.18. The average Bonchev–Trinajstić information content (AvgIpc) is 2.37. The van der Waals surface area contributed by atoms with E-state index in [9.17, 15) is 9.90 Å². The minimum Gasteiger partial charge on any atom is -0.479 e. The number of aliphatic carboxylic acids is 1. The minimum atomic E-state index is -0.863. The molecule has 0 heterocycles. The van der Waals surface area contributed by atoms with Crippen molar-refractivity contribution in [1.82, 2.24) is 0 Å². The molecule has 0 radical (unpaired) electrons. The Hall–Kier alpha value is -0.610. The smallest absolute Gasteiger partial charge is 0.332 e. The first kappa shape index (κ1) is 17.4. The number of carbonyl (C=O) groups is 1. The number of nitrogens with two attached hydrogens (primary N) is 1. The van der Waals surface area contributed by atoms with Gasteiger partial charge in [-0.15, -0.1) is 0 Å². The van der Waals surface area contributed by atoms with Gasteiger partial charge in [0.25, 0.3) is 0 Å². The maximum absolute atomic E-state index is 11.3. The lowest BCUT2D eigenvalue weighted by Crippen LogP contribution is -2.49. The molecule has 0 aliphatic heterocycles. The lowest BCUT2D eigenvalue weighted by molar-refractivity contribution is -0.171. The summed E-state index contributed by atoms with van der Waals surface area (Å²) in [5, 5.41) is 9.26. The summed E-state index contributed by atoms with van der Waals surface area (Å²) in [6.45, 7) is 9.20. The number of hydrogen-bond acceptors (Lipinski definition) is 3. The largest absolute Gasteiger partial charge is 0.479 e. The highest BCUT2D eigenvalue weighted by molar-refractivity contribution is 5.72. The molecule has 1 saturated carbocycles. The van der Waals surface area contributed by atoms with Gasteiger partial charge in [0.05, 0.1) is 5.60 Å². The van der Waals surface area contributed by atoms with Gasteiger partial charge in [0.1, 0.15) is 0 Å². The fraction of sp³-hybridized carbons (Fsp3) is 0.938. The van der Waals surface area contributed by atoms with E-state index in [1.54, 1.807) is 0 Å². The molecule has 1 fully saturated rings. The zero-order valence-electron chi connectivity index (χ0n) is 13.4. The van der Waals surface area contributed by atoms with Crippen LogP contribution in [0.3, 0.4) is 0 Å². The normalized spacial score (nSPS) is 29.1. The average molecular weight is 285 g/mol. The van der Waals surface area contributed by atoms with E-state index in [1.165, 1.54) is 0 Å². The SMILES string of the molecule is CCCC(OC1(CN)CCC(C(C)(C)C)CC1)C(=O)O. The van der Waals surface area contributed by atoms with Gasteiger partial charge >= 0.3 is 5.97 Å². The van der Waals surface area contributed by atoms with Gasteiger partial charge in [-0.25, -0.2) is 4.79 Å². The van der Waals surface area contributed by atoms with E-state index < -0.39 is 17.7 Å². The first-order chi connectivity index (χ1) is 9.24. The van der Waals surface area contributed by atoms with Crippen molar-refractivity contribution in [1.29, 1.82) is 0 Å². The first-order valence-corrected chi connectivity index (χ1v) is 7.85. The van der Waals surface area contributed by atoms with Crippen LogP contribution >= 0.6 is 0 Å². The van der Waals surface area contributed by atoms with Gasteiger partial charge in [0, 0.05) is 6.54 Å². The third-order valence-electron chi connectivity index (χ3n) is 4.71. The molecule has 1 aliphatic rings. The monoisotopic (exact) mass is 285 g/mol. The van der Waals surface area contributed by atoms with E-state index in [2.05, 4.69) is 20.8 Å². The van der Waals surface area contributed by atoms with Gasteiger partial charge < -0.3 is 15.6 Å². The standard InChI is InChI=1S/C16H31NO3/c1-5-6-13(14(18)19)20-16(11-17)9-7-12(8-10-16)15(2,3)4/h12-13H,5-11,17H2,1-4H3,(H,18,19). The summed E-state index contributed by atoms with van der Waals surface area (Å²) in [6.07, 6.45) is 4.54. The van der Waals surface area contributed by atoms with Gasteiger partial charge in [-0.1, -0.05) is 34.1 Å². The maximum Gasteiger partial charge on any atom is 0.332 e. The summed E-state index contributed by atoms with van der Waals surface area (Å²) in [4.78, 5) is 11.3. The molecule has 4 nitrogen and oxygen atoms in total. The Bertz CT molecular complexity index is 314. The van der Waals surface area contributed by atoms with Crippen LogP contribution in [-0.4, -0.2) is 29.3 Å². The summed E-state index contributed by atoms with van der Waals surface area (Å²) in [6, 6.07) is 0. The Morgan fingerprint density at radius 1 is 1.40 bits per heavy atom. The van der Waals surface area contributed by atoms with Crippen LogP contribution in [0.2, 0.25) is 0 Å². The molecule has 4 heteroatoms. The molecule has 0 aromatic carbocycles. The first-order valence-electron chi connectivity index (χ1n) is 7.85. The van der Waals surface area contributed by atoms with Crippen LogP contribution in [0.5, 0.6) is 0 Å². The van der Waals surface area contributed by atoms with E-state index >= 15 is 0 Å². The maximum atomic E-state index is 11.3. The Kier molecular flexibility index (Phi) is 6.02. The quantitative estimate of drug-likeness (QED) is 0.786. The number of carboxylic acids is 1. The zero-order valence-corrected chi connectivity index (χ0v) is 13.4. The summed E-state index contributed by atoms with van der Waals surface area (Å²) in [7, 11) is 0. The molecule has 1 atom stereocenters. The summed E-state index contributed by atoms with van der Waals surface area (Å²) < 4.78 is 5.97.